The molecular weight excluding hydrogens is 351 g/mol. The number of aromatic nitrogens is 1. The number of alkyl halides is 3. The average molecular weight is 375 g/mol. The van der Waals surface area contributed by atoms with Crippen LogP contribution in [-0.4, -0.2) is 23.6 Å². The van der Waals surface area contributed by atoms with Crippen molar-refractivity contribution >= 4 is 5.82 Å². The van der Waals surface area contributed by atoms with Crippen LogP contribution in [0.15, 0.2) is 48.5 Å². The molecule has 0 unspecified atom stereocenters. The Labute approximate surface area is 157 Å². The molecule has 27 heavy (non-hydrogen) atoms. The number of benzene rings is 1. The number of halogens is 3. The van der Waals surface area contributed by atoms with Crippen molar-refractivity contribution in [3.05, 3.63) is 59.8 Å². The third-order valence-corrected chi connectivity index (χ3v) is 6.18. The maximum atomic E-state index is 13.0. The van der Waals surface area contributed by atoms with Crippen LogP contribution < -0.4 is 10.2 Å². The quantitative estimate of drug-likeness (QED) is 0.853. The number of hydrogen-bond donors (Lipinski definition) is 1. The van der Waals surface area contributed by atoms with Gasteiger partial charge in [0, 0.05) is 25.2 Å². The van der Waals surface area contributed by atoms with Crippen molar-refractivity contribution in [2.75, 3.05) is 18.0 Å². The van der Waals surface area contributed by atoms with E-state index in [0.29, 0.717) is 17.7 Å². The first kappa shape index (κ1) is 18.3. The third kappa shape index (κ3) is 3.68. The second-order valence-electron chi connectivity index (χ2n) is 7.95. The minimum atomic E-state index is -4.41. The van der Waals surface area contributed by atoms with E-state index in [1.807, 2.05) is 23.1 Å². The molecule has 1 aliphatic heterocycles. The van der Waals surface area contributed by atoms with Crippen molar-refractivity contribution in [3.8, 4) is 0 Å². The first-order valence-electron chi connectivity index (χ1n) is 9.43. The summed E-state index contributed by atoms with van der Waals surface area (Å²) in [6.07, 6.45) is -2.21. The highest BCUT2D eigenvalue weighted by molar-refractivity contribution is 5.42. The molecule has 1 saturated heterocycles. The Balaban J connectivity index is 1.47. The Morgan fingerprint density at radius 1 is 1.11 bits per heavy atom. The number of fused-ring (bicyclic) bond motifs is 1. The van der Waals surface area contributed by atoms with E-state index in [1.54, 1.807) is 6.07 Å². The summed E-state index contributed by atoms with van der Waals surface area (Å²) in [5.41, 5.74) is 0.426. The number of anilines is 1. The first-order valence-corrected chi connectivity index (χ1v) is 9.43. The third-order valence-electron chi connectivity index (χ3n) is 6.18. The van der Waals surface area contributed by atoms with E-state index >= 15 is 0 Å². The Morgan fingerprint density at radius 3 is 2.63 bits per heavy atom. The SMILES string of the molecule is C[C@]1(NCc2ccccc2)CC[C@@H]2CN(c3cccc(C(F)(F)F)n3)C[C@@H]21. The molecule has 2 aliphatic rings. The molecule has 1 aromatic carbocycles. The van der Waals surface area contributed by atoms with Gasteiger partial charge in [0.15, 0.2) is 0 Å². The molecule has 2 aromatic rings. The van der Waals surface area contributed by atoms with E-state index in [9.17, 15) is 13.2 Å². The predicted molar refractivity (Wildman–Crippen MR) is 99.4 cm³/mol. The number of hydrogen-bond acceptors (Lipinski definition) is 3. The molecule has 1 N–H and O–H groups in total. The lowest BCUT2D eigenvalue weighted by molar-refractivity contribution is -0.141. The van der Waals surface area contributed by atoms with Crippen LogP contribution in [0.4, 0.5) is 19.0 Å². The van der Waals surface area contributed by atoms with Crippen molar-refractivity contribution in [1.82, 2.24) is 10.3 Å². The largest absolute Gasteiger partial charge is 0.433 e. The van der Waals surface area contributed by atoms with Crippen LogP contribution in [0.5, 0.6) is 0 Å². The molecule has 0 bridgehead atoms. The lowest BCUT2D eigenvalue weighted by atomic mass is 9.86. The van der Waals surface area contributed by atoms with Gasteiger partial charge in [0.1, 0.15) is 11.5 Å². The summed E-state index contributed by atoms with van der Waals surface area (Å²) in [6.45, 7) is 4.59. The zero-order valence-corrected chi connectivity index (χ0v) is 15.3. The molecule has 1 aromatic heterocycles. The average Bonchev–Trinajstić information content (AvgIpc) is 3.22. The van der Waals surface area contributed by atoms with E-state index in [-0.39, 0.29) is 5.54 Å². The zero-order valence-electron chi connectivity index (χ0n) is 15.3. The van der Waals surface area contributed by atoms with E-state index < -0.39 is 11.9 Å². The molecule has 1 saturated carbocycles. The van der Waals surface area contributed by atoms with Gasteiger partial charge in [0.05, 0.1) is 0 Å². The van der Waals surface area contributed by atoms with Crippen LogP contribution in [0.25, 0.3) is 0 Å². The van der Waals surface area contributed by atoms with Crippen molar-refractivity contribution in [2.24, 2.45) is 11.8 Å². The summed E-state index contributed by atoms with van der Waals surface area (Å²) in [5, 5.41) is 3.73. The summed E-state index contributed by atoms with van der Waals surface area (Å²) in [4.78, 5) is 5.90. The zero-order chi connectivity index (χ0) is 19.1. The van der Waals surface area contributed by atoms with E-state index in [4.69, 9.17) is 0 Å². The van der Waals surface area contributed by atoms with Gasteiger partial charge >= 0.3 is 6.18 Å². The van der Waals surface area contributed by atoms with E-state index in [2.05, 4.69) is 29.4 Å². The molecular formula is C21H24F3N3. The van der Waals surface area contributed by atoms with Crippen LogP contribution in [-0.2, 0) is 12.7 Å². The van der Waals surface area contributed by atoms with Gasteiger partial charge in [-0.1, -0.05) is 36.4 Å². The fourth-order valence-corrected chi connectivity index (χ4v) is 4.62. The molecule has 3 atom stereocenters. The van der Waals surface area contributed by atoms with Crippen molar-refractivity contribution < 1.29 is 13.2 Å². The molecule has 0 spiro atoms. The molecule has 1 aliphatic carbocycles. The lowest BCUT2D eigenvalue weighted by Crippen LogP contribution is -2.47. The summed E-state index contributed by atoms with van der Waals surface area (Å²) >= 11 is 0. The van der Waals surface area contributed by atoms with Gasteiger partial charge in [-0.25, -0.2) is 4.98 Å². The number of nitrogens with zero attached hydrogens (tertiary/aromatic N) is 2. The Bertz CT molecular complexity index is 793. The van der Waals surface area contributed by atoms with Gasteiger partial charge in [-0.2, -0.15) is 13.2 Å². The molecule has 3 nitrogen and oxygen atoms in total. The number of rotatable bonds is 4. The fourth-order valence-electron chi connectivity index (χ4n) is 4.62. The number of nitrogens with one attached hydrogen (secondary N) is 1. The van der Waals surface area contributed by atoms with Crippen LogP contribution in [0, 0.1) is 11.8 Å². The molecule has 144 valence electrons. The Kier molecular flexibility index (Phi) is 4.62. The second kappa shape index (κ2) is 6.82. The highest BCUT2D eigenvalue weighted by atomic mass is 19.4. The van der Waals surface area contributed by atoms with E-state index in [1.165, 1.54) is 11.6 Å². The molecule has 4 rings (SSSR count). The molecule has 0 radical (unpaired) electrons. The highest BCUT2D eigenvalue weighted by Gasteiger charge is 2.49. The highest BCUT2D eigenvalue weighted by Crippen LogP contribution is 2.46. The van der Waals surface area contributed by atoms with Crippen LogP contribution in [0.2, 0.25) is 0 Å². The summed E-state index contributed by atoms with van der Waals surface area (Å²) < 4.78 is 38.9. The lowest BCUT2D eigenvalue weighted by Gasteiger charge is -2.33. The smallest absolute Gasteiger partial charge is 0.356 e. The van der Waals surface area contributed by atoms with Gasteiger partial charge in [-0.15, -0.1) is 0 Å². The van der Waals surface area contributed by atoms with Crippen LogP contribution in [0.1, 0.15) is 31.0 Å². The normalized spacial score (nSPS) is 27.8. The van der Waals surface area contributed by atoms with Crippen molar-refractivity contribution in [3.63, 3.8) is 0 Å². The topological polar surface area (TPSA) is 28.2 Å². The van der Waals surface area contributed by atoms with Gasteiger partial charge in [-0.05, 0) is 49.3 Å². The van der Waals surface area contributed by atoms with Gasteiger partial charge < -0.3 is 10.2 Å². The fraction of sp³-hybridized carbons (Fsp3) is 0.476. The van der Waals surface area contributed by atoms with Crippen LogP contribution in [0.3, 0.4) is 0 Å². The molecule has 2 heterocycles. The molecule has 0 amide bonds. The van der Waals surface area contributed by atoms with Gasteiger partial charge in [0.25, 0.3) is 0 Å². The standard InChI is InChI=1S/C21H24F3N3/c1-20(25-12-15-6-3-2-4-7-15)11-10-16-13-27(14-17(16)20)19-9-5-8-18(26-19)21(22,23)24/h2-9,16-17,25H,10-14H2,1H3/t16-,17+,20+/m1/s1. The molecule has 2 fully saturated rings. The van der Waals surface area contributed by atoms with Crippen molar-refractivity contribution in [1.29, 1.82) is 0 Å². The summed E-state index contributed by atoms with van der Waals surface area (Å²) in [7, 11) is 0. The van der Waals surface area contributed by atoms with Gasteiger partial charge in [-0.3, -0.25) is 0 Å². The second-order valence-corrected chi connectivity index (χ2v) is 7.95. The summed E-state index contributed by atoms with van der Waals surface area (Å²) in [6, 6.07) is 14.5. The predicted octanol–water partition coefficient (Wildman–Crippen LogP) is 4.50. The Hall–Kier alpha value is -2.08. The number of pyridine rings is 1. The van der Waals surface area contributed by atoms with Gasteiger partial charge in [0.2, 0.25) is 0 Å². The van der Waals surface area contributed by atoms with Crippen molar-refractivity contribution in [2.45, 2.75) is 38.0 Å². The minimum absolute atomic E-state index is 0.00308. The monoisotopic (exact) mass is 375 g/mol. The first-order chi connectivity index (χ1) is 12.9. The maximum absolute atomic E-state index is 13.0. The van der Waals surface area contributed by atoms with Crippen LogP contribution >= 0.6 is 0 Å². The molecule has 6 heteroatoms. The van der Waals surface area contributed by atoms with E-state index in [0.717, 1.165) is 38.5 Å². The summed E-state index contributed by atoms with van der Waals surface area (Å²) in [5.74, 6) is 1.34. The Morgan fingerprint density at radius 2 is 1.89 bits per heavy atom. The minimum Gasteiger partial charge on any atom is -0.356 e. The maximum Gasteiger partial charge on any atom is 0.433 e.